The van der Waals surface area contributed by atoms with Crippen LogP contribution in [0.15, 0.2) is 12.1 Å². The minimum Gasteiger partial charge on any atom is -0.454 e. The second kappa shape index (κ2) is 4.17. The molecular formula is C13H16N2O2. The number of fused-ring (bicyclic) bond motifs is 1. The van der Waals surface area contributed by atoms with Gasteiger partial charge in [0.1, 0.15) is 0 Å². The Balaban J connectivity index is 2.15. The lowest BCUT2D eigenvalue weighted by Crippen LogP contribution is -2.21. The zero-order valence-corrected chi connectivity index (χ0v) is 10.3. The first-order chi connectivity index (χ1) is 8.02. The van der Waals surface area contributed by atoms with Crippen molar-refractivity contribution < 1.29 is 9.47 Å². The molecule has 4 nitrogen and oxygen atoms in total. The highest BCUT2D eigenvalue weighted by Crippen LogP contribution is 2.36. The molecule has 0 aliphatic carbocycles. The average Bonchev–Trinajstić information content (AvgIpc) is 2.73. The van der Waals surface area contributed by atoms with Crippen molar-refractivity contribution in [3.8, 4) is 17.6 Å². The normalized spacial score (nSPS) is 13.3. The maximum atomic E-state index is 8.96. The number of rotatable bonds is 3. The highest BCUT2D eigenvalue weighted by Gasteiger charge is 2.19. The van der Waals surface area contributed by atoms with Crippen molar-refractivity contribution in [2.75, 3.05) is 18.7 Å². The van der Waals surface area contributed by atoms with Crippen molar-refractivity contribution in [2.45, 2.75) is 20.8 Å². The van der Waals surface area contributed by atoms with Crippen LogP contribution in [0.2, 0.25) is 0 Å². The van der Waals surface area contributed by atoms with E-state index in [2.05, 4.69) is 11.4 Å². The first-order valence-corrected chi connectivity index (χ1v) is 5.57. The van der Waals surface area contributed by atoms with Crippen LogP contribution in [0.4, 0.5) is 5.69 Å². The van der Waals surface area contributed by atoms with Crippen LogP contribution >= 0.6 is 0 Å². The van der Waals surface area contributed by atoms with E-state index in [0.717, 1.165) is 22.7 Å². The second-order valence-corrected chi connectivity index (χ2v) is 4.87. The average molecular weight is 232 g/mol. The Morgan fingerprint density at radius 2 is 2.00 bits per heavy atom. The van der Waals surface area contributed by atoms with Crippen molar-refractivity contribution in [2.24, 2.45) is 5.41 Å². The summed E-state index contributed by atoms with van der Waals surface area (Å²) in [6, 6.07) is 6.14. The molecule has 0 saturated carbocycles. The van der Waals surface area contributed by atoms with Gasteiger partial charge in [-0.3, -0.25) is 0 Å². The van der Waals surface area contributed by atoms with E-state index in [-0.39, 0.29) is 12.2 Å². The predicted octanol–water partition coefficient (Wildman–Crippen LogP) is 2.69. The lowest BCUT2D eigenvalue weighted by molar-refractivity contribution is 0.174. The minimum atomic E-state index is -0.386. The highest BCUT2D eigenvalue weighted by atomic mass is 16.7. The van der Waals surface area contributed by atoms with Gasteiger partial charge in [-0.1, -0.05) is 0 Å². The molecule has 1 heterocycles. The van der Waals surface area contributed by atoms with E-state index >= 15 is 0 Å². The van der Waals surface area contributed by atoms with Gasteiger partial charge in [0.05, 0.1) is 11.5 Å². The molecule has 0 bridgehead atoms. The van der Waals surface area contributed by atoms with Gasteiger partial charge < -0.3 is 14.8 Å². The molecule has 0 radical (unpaired) electrons. The summed E-state index contributed by atoms with van der Waals surface area (Å²) in [6.07, 6.45) is 0. The van der Waals surface area contributed by atoms with Crippen molar-refractivity contribution in [1.29, 1.82) is 5.26 Å². The number of hydrogen-bond donors (Lipinski definition) is 1. The Hall–Kier alpha value is -1.89. The molecule has 1 aromatic carbocycles. The summed E-state index contributed by atoms with van der Waals surface area (Å²) in [5.74, 6) is 1.54. The summed E-state index contributed by atoms with van der Waals surface area (Å²) in [6.45, 7) is 6.69. The molecule has 0 aromatic heterocycles. The van der Waals surface area contributed by atoms with Crippen LogP contribution in [0.3, 0.4) is 0 Å². The number of nitriles is 1. The summed E-state index contributed by atoms with van der Waals surface area (Å²) >= 11 is 0. The molecule has 1 aromatic rings. The van der Waals surface area contributed by atoms with Crippen LogP contribution < -0.4 is 14.8 Å². The summed E-state index contributed by atoms with van der Waals surface area (Å²) < 4.78 is 10.6. The monoisotopic (exact) mass is 232 g/mol. The largest absolute Gasteiger partial charge is 0.454 e. The summed E-state index contributed by atoms with van der Waals surface area (Å²) in [5.41, 5.74) is 1.68. The number of ether oxygens (including phenoxy) is 2. The Bertz CT molecular complexity index is 475. The van der Waals surface area contributed by atoms with Crippen LogP contribution in [0.25, 0.3) is 0 Å². The molecule has 0 atom stereocenters. The SMILES string of the molecule is Cc1cc2c(cc1NCC(C)(C)C#N)OCO2. The van der Waals surface area contributed by atoms with Gasteiger partial charge in [-0.2, -0.15) is 5.26 Å². The maximum Gasteiger partial charge on any atom is 0.231 e. The minimum absolute atomic E-state index is 0.280. The fourth-order valence-corrected chi connectivity index (χ4v) is 1.59. The van der Waals surface area contributed by atoms with Gasteiger partial charge in [0.2, 0.25) is 6.79 Å². The predicted molar refractivity (Wildman–Crippen MR) is 65.2 cm³/mol. The molecule has 1 aliphatic rings. The van der Waals surface area contributed by atoms with Crippen LogP contribution in [-0.2, 0) is 0 Å². The Labute approximate surface area is 101 Å². The number of nitrogens with one attached hydrogen (secondary N) is 1. The highest BCUT2D eigenvalue weighted by molar-refractivity contribution is 5.60. The Morgan fingerprint density at radius 1 is 1.35 bits per heavy atom. The summed E-state index contributed by atoms with van der Waals surface area (Å²) in [7, 11) is 0. The van der Waals surface area contributed by atoms with Gasteiger partial charge in [-0.25, -0.2) is 0 Å². The Kier molecular flexibility index (Phi) is 2.84. The number of hydrogen-bond acceptors (Lipinski definition) is 4. The molecule has 0 unspecified atom stereocenters. The number of benzene rings is 1. The topological polar surface area (TPSA) is 54.3 Å². The van der Waals surface area contributed by atoms with Gasteiger partial charge in [0.25, 0.3) is 0 Å². The third kappa shape index (κ3) is 2.44. The second-order valence-electron chi connectivity index (χ2n) is 4.87. The van der Waals surface area contributed by atoms with Gasteiger partial charge in [0, 0.05) is 18.3 Å². The third-order valence-electron chi connectivity index (χ3n) is 2.74. The molecule has 0 spiro atoms. The standard InChI is InChI=1S/C13H16N2O2/c1-9-4-11-12(17-8-16-11)5-10(9)15-7-13(2,3)6-14/h4-5,15H,7-8H2,1-3H3. The van der Waals surface area contributed by atoms with Gasteiger partial charge in [0.15, 0.2) is 11.5 Å². The molecular weight excluding hydrogens is 216 g/mol. The molecule has 0 fully saturated rings. The van der Waals surface area contributed by atoms with Gasteiger partial charge >= 0.3 is 0 Å². The van der Waals surface area contributed by atoms with Crippen molar-refractivity contribution in [3.05, 3.63) is 17.7 Å². The number of aryl methyl sites for hydroxylation is 1. The third-order valence-corrected chi connectivity index (χ3v) is 2.74. The van der Waals surface area contributed by atoms with Crippen molar-refractivity contribution in [3.63, 3.8) is 0 Å². The van der Waals surface area contributed by atoms with E-state index < -0.39 is 0 Å². The quantitative estimate of drug-likeness (QED) is 0.870. The smallest absolute Gasteiger partial charge is 0.231 e. The summed E-state index contributed by atoms with van der Waals surface area (Å²) in [5, 5.41) is 12.2. The van der Waals surface area contributed by atoms with E-state index in [0.29, 0.717) is 6.54 Å². The fourth-order valence-electron chi connectivity index (χ4n) is 1.59. The van der Waals surface area contributed by atoms with Crippen LogP contribution in [0.1, 0.15) is 19.4 Å². The number of nitrogens with zero attached hydrogens (tertiary/aromatic N) is 1. The molecule has 0 amide bonds. The maximum absolute atomic E-state index is 8.96. The van der Waals surface area contributed by atoms with Crippen molar-refractivity contribution in [1.82, 2.24) is 0 Å². The molecule has 2 rings (SSSR count). The Morgan fingerprint density at radius 3 is 2.65 bits per heavy atom. The molecule has 17 heavy (non-hydrogen) atoms. The molecule has 4 heteroatoms. The van der Waals surface area contributed by atoms with Gasteiger partial charge in [-0.15, -0.1) is 0 Å². The van der Waals surface area contributed by atoms with E-state index in [4.69, 9.17) is 14.7 Å². The number of anilines is 1. The van der Waals surface area contributed by atoms with Crippen LogP contribution in [0, 0.1) is 23.7 Å². The molecule has 1 aliphatic heterocycles. The van der Waals surface area contributed by atoms with E-state index in [1.165, 1.54) is 0 Å². The van der Waals surface area contributed by atoms with E-state index in [1.54, 1.807) is 0 Å². The molecule has 1 N–H and O–H groups in total. The summed E-state index contributed by atoms with van der Waals surface area (Å²) in [4.78, 5) is 0. The lowest BCUT2D eigenvalue weighted by atomic mass is 9.96. The van der Waals surface area contributed by atoms with Crippen LogP contribution in [0.5, 0.6) is 11.5 Å². The van der Waals surface area contributed by atoms with E-state index in [1.807, 2.05) is 32.9 Å². The first kappa shape index (κ1) is 11.6. The van der Waals surface area contributed by atoms with Crippen molar-refractivity contribution >= 4 is 5.69 Å². The van der Waals surface area contributed by atoms with Crippen LogP contribution in [-0.4, -0.2) is 13.3 Å². The molecule has 90 valence electrons. The lowest BCUT2D eigenvalue weighted by Gasteiger charge is -2.18. The first-order valence-electron chi connectivity index (χ1n) is 5.57. The zero-order chi connectivity index (χ0) is 12.5. The molecule has 0 saturated heterocycles. The van der Waals surface area contributed by atoms with Gasteiger partial charge in [-0.05, 0) is 32.4 Å². The fraction of sp³-hybridized carbons (Fsp3) is 0.462. The zero-order valence-electron chi connectivity index (χ0n) is 10.3. The van der Waals surface area contributed by atoms with E-state index in [9.17, 15) is 0 Å².